The summed E-state index contributed by atoms with van der Waals surface area (Å²) in [6, 6.07) is 14.6. The largest absolute Gasteiger partial charge is 0.481 e. The van der Waals surface area contributed by atoms with Crippen molar-refractivity contribution in [3.8, 4) is 0 Å². The van der Waals surface area contributed by atoms with Crippen molar-refractivity contribution in [1.29, 1.82) is 0 Å². The lowest BCUT2D eigenvalue weighted by Gasteiger charge is -2.19. The third-order valence-electron chi connectivity index (χ3n) is 2.64. The predicted molar refractivity (Wildman–Crippen MR) is 78.1 cm³/mol. The second-order valence-corrected chi connectivity index (χ2v) is 5.61. The molecule has 0 bridgehead atoms. The minimum Gasteiger partial charge on any atom is -0.481 e. The van der Waals surface area contributed by atoms with E-state index in [2.05, 4.69) is 30.3 Å². The summed E-state index contributed by atoms with van der Waals surface area (Å²) in [5.74, 6) is -0.833. The average molecular weight is 293 g/mol. The molecule has 0 aliphatic carbocycles. The first kappa shape index (κ1) is 14.0. The van der Waals surface area contributed by atoms with Crippen LogP contribution < -0.4 is 0 Å². The number of carbonyl (C=O) groups is 1. The molecule has 2 aromatic rings. The predicted octanol–water partition coefficient (Wildman–Crippen LogP) is 4.49. The lowest BCUT2D eigenvalue weighted by atomic mass is 10.0. The summed E-state index contributed by atoms with van der Waals surface area (Å²) < 4.78 is 0. The summed E-state index contributed by atoms with van der Waals surface area (Å²) in [6.07, 6.45) is 0.957. The minimum absolute atomic E-state index is 0.833. The Kier molecular flexibility index (Phi) is 4.51. The van der Waals surface area contributed by atoms with Gasteiger partial charge in [0.1, 0.15) is 0 Å². The van der Waals surface area contributed by atoms with Crippen molar-refractivity contribution in [2.75, 3.05) is 0 Å². The van der Waals surface area contributed by atoms with E-state index < -0.39 is 5.97 Å². The van der Waals surface area contributed by atoms with Gasteiger partial charge in [-0.15, -0.1) is 0 Å². The Morgan fingerprint density at radius 2 is 1.79 bits per heavy atom. The maximum Gasteiger partial charge on any atom is 0.300 e. The molecule has 1 aliphatic rings. The molecule has 1 heterocycles. The Hall–Kier alpha value is -1.45. The molecule has 0 fully saturated rings. The second kappa shape index (κ2) is 6.13. The van der Waals surface area contributed by atoms with Gasteiger partial charge in [0, 0.05) is 28.2 Å². The van der Waals surface area contributed by atoms with Gasteiger partial charge in [0.2, 0.25) is 0 Å². The van der Waals surface area contributed by atoms with Crippen LogP contribution in [0.5, 0.6) is 0 Å². The number of aliphatic carboxylic acids is 1. The molecule has 2 nitrogen and oxygen atoms in total. The SMILES string of the molecule is CC(=O)O.Clc1cccc2c1Cc1ccccc1S2. The topological polar surface area (TPSA) is 37.3 Å². The fourth-order valence-electron chi connectivity index (χ4n) is 1.86. The highest BCUT2D eigenvalue weighted by atomic mass is 35.5. The van der Waals surface area contributed by atoms with Crippen LogP contribution in [0.2, 0.25) is 5.02 Å². The molecular formula is C15H13ClO2S. The lowest BCUT2D eigenvalue weighted by Crippen LogP contribution is -1.99. The smallest absolute Gasteiger partial charge is 0.300 e. The van der Waals surface area contributed by atoms with Crippen LogP contribution in [-0.4, -0.2) is 11.1 Å². The van der Waals surface area contributed by atoms with Gasteiger partial charge in [0.25, 0.3) is 5.97 Å². The Morgan fingerprint density at radius 3 is 2.53 bits per heavy atom. The van der Waals surface area contributed by atoms with E-state index in [1.165, 1.54) is 20.9 Å². The van der Waals surface area contributed by atoms with Crippen LogP contribution in [0.1, 0.15) is 18.1 Å². The van der Waals surface area contributed by atoms with Gasteiger partial charge in [0.15, 0.2) is 0 Å². The molecule has 4 heteroatoms. The Bertz CT molecular complexity index is 607. The molecule has 98 valence electrons. The Balaban J connectivity index is 0.000000297. The maximum atomic E-state index is 9.00. The van der Waals surface area contributed by atoms with Gasteiger partial charge in [-0.05, 0) is 29.3 Å². The summed E-state index contributed by atoms with van der Waals surface area (Å²) in [5.41, 5.74) is 2.64. The van der Waals surface area contributed by atoms with Crippen molar-refractivity contribution in [1.82, 2.24) is 0 Å². The van der Waals surface area contributed by atoms with E-state index >= 15 is 0 Å². The Morgan fingerprint density at radius 1 is 1.16 bits per heavy atom. The molecule has 2 aromatic carbocycles. The van der Waals surface area contributed by atoms with Crippen molar-refractivity contribution in [2.45, 2.75) is 23.1 Å². The fraction of sp³-hybridized carbons (Fsp3) is 0.133. The van der Waals surface area contributed by atoms with Gasteiger partial charge < -0.3 is 5.11 Å². The zero-order chi connectivity index (χ0) is 13.8. The van der Waals surface area contributed by atoms with Crippen LogP contribution in [0.3, 0.4) is 0 Å². The average Bonchev–Trinajstić information content (AvgIpc) is 2.37. The van der Waals surface area contributed by atoms with Gasteiger partial charge in [-0.2, -0.15) is 0 Å². The van der Waals surface area contributed by atoms with E-state index in [0.29, 0.717) is 0 Å². The normalized spacial score (nSPS) is 11.7. The molecule has 1 N–H and O–H groups in total. The molecule has 0 saturated carbocycles. The number of halogens is 1. The fourth-order valence-corrected chi connectivity index (χ4v) is 3.27. The van der Waals surface area contributed by atoms with Crippen molar-refractivity contribution in [3.05, 3.63) is 58.6 Å². The highest BCUT2D eigenvalue weighted by molar-refractivity contribution is 7.99. The van der Waals surface area contributed by atoms with Gasteiger partial charge in [-0.1, -0.05) is 47.6 Å². The van der Waals surface area contributed by atoms with Crippen molar-refractivity contribution in [2.24, 2.45) is 0 Å². The standard InChI is InChI=1S/C13H9ClS.C2H4O2/c14-11-5-3-7-13-10(11)8-9-4-1-2-6-12(9)15-13;1-2(3)4/h1-7H,8H2;1H3,(H,3,4). The molecule has 0 unspecified atom stereocenters. The highest BCUT2D eigenvalue weighted by Gasteiger charge is 2.17. The quantitative estimate of drug-likeness (QED) is 0.663. The van der Waals surface area contributed by atoms with Gasteiger partial charge in [0.05, 0.1) is 0 Å². The number of hydrogen-bond acceptors (Lipinski definition) is 2. The summed E-state index contributed by atoms with van der Waals surface area (Å²) in [6.45, 7) is 1.08. The van der Waals surface area contributed by atoms with Crippen LogP contribution in [0, 0.1) is 0 Å². The van der Waals surface area contributed by atoms with Gasteiger partial charge in [-0.3, -0.25) is 4.79 Å². The van der Waals surface area contributed by atoms with E-state index in [4.69, 9.17) is 21.5 Å². The number of rotatable bonds is 0. The van der Waals surface area contributed by atoms with Crippen molar-refractivity contribution in [3.63, 3.8) is 0 Å². The first-order valence-electron chi connectivity index (χ1n) is 5.80. The first-order valence-corrected chi connectivity index (χ1v) is 7.00. The van der Waals surface area contributed by atoms with Crippen molar-refractivity contribution >= 4 is 29.3 Å². The van der Waals surface area contributed by atoms with E-state index in [1.807, 2.05) is 23.9 Å². The summed E-state index contributed by atoms with van der Waals surface area (Å²) in [5, 5.41) is 8.30. The number of benzene rings is 2. The molecule has 0 atom stereocenters. The van der Waals surface area contributed by atoms with Gasteiger partial charge in [-0.25, -0.2) is 0 Å². The first-order chi connectivity index (χ1) is 9.08. The molecule has 0 spiro atoms. The third kappa shape index (κ3) is 3.52. The second-order valence-electron chi connectivity index (χ2n) is 4.12. The highest BCUT2D eigenvalue weighted by Crippen LogP contribution is 2.41. The monoisotopic (exact) mass is 292 g/mol. The number of fused-ring (bicyclic) bond motifs is 2. The van der Waals surface area contributed by atoms with Crippen molar-refractivity contribution < 1.29 is 9.90 Å². The molecule has 0 aromatic heterocycles. The molecule has 0 radical (unpaired) electrons. The van der Waals surface area contributed by atoms with E-state index in [-0.39, 0.29) is 0 Å². The summed E-state index contributed by atoms with van der Waals surface area (Å²) >= 11 is 8.01. The third-order valence-corrected chi connectivity index (χ3v) is 4.21. The number of carboxylic acids is 1. The molecule has 3 rings (SSSR count). The van der Waals surface area contributed by atoms with Gasteiger partial charge >= 0.3 is 0 Å². The van der Waals surface area contributed by atoms with Crippen LogP contribution in [0.25, 0.3) is 0 Å². The maximum absolute atomic E-state index is 9.00. The van der Waals surface area contributed by atoms with Crippen LogP contribution in [-0.2, 0) is 11.2 Å². The minimum atomic E-state index is -0.833. The number of carboxylic acid groups (broad SMARTS) is 1. The van der Waals surface area contributed by atoms with Crippen LogP contribution in [0.15, 0.2) is 52.3 Å². The summed E-state index contributed by atoms with van der Waals surface area (Å²) in [7, 11) is 0. The van der Waals surface area contributed by atoms with Crippen LogP contribution in [0.4, 0.5) is 0 Å². The molecule has 1 aliphatic heterocycles. The lowest BCUT2D eigenvalue weighted by molar-refractivity contribution is -0.134. The molecule has 0 amide bonds. The molecular weight excluding hydrogens is 280 g/mol. The van der Waals surface area contributed by atoms with E-state index in [0.717, 1.165) is 18.4 Å². The zero-order valence-electron chi connectivity index (χ0n) is 10.4. The molecule has 19 heavy (non-hydrogen) atoms. The number of hydrogen-bond donors (Lipinski definition) is 1. The summed E-state index contributed by atoms with van der Waals surface area (Å²) in [4.78, 5) is 11.6. The van der Waals surface area contributed by atoms with E-state index in [9.17, 15) is 0 Å². The zero-order valence-corrected chi connectivity index (χ0v) is 12.0. The van der Waals surface area contributed by atoms with Crippen LogP contribution >= 0.6 is 23.4 Å². The molecule has 0 saturated heterocycles. The Labute approximate surface area is 121 Å². The van der Waals surface area contributed by atoms with E-state index in [1.54, 1.807) is 0 Å².